The van der Waals surface area contributed by atoms with Gasteiger partial charge in [0.25, 0.3) is 10.0 Å². The first-order chi connectivity index (χ1) is 14.8. The van der Waals surface area contributed by atoms with E-state index in [1.54, 1.807) is 13.8 Å². The first-order valence-corrected chi connectivity index (χ1v) is 12.0. The minimum absolute atomic E-state index is 0. The number of rotatable bonds is 9. The van der Waals surface area contributed by atoms with Crippen LogP contribution in [-0.2, 0) is 26.0 Å². The molecule has 1 aromatic rings. The fraction of sp³-hybridized carbons (Fsp3) is 0.545. The smallest absolute Gasteiger partial charge is 0.323 e. The number of hydrogen-bond acceptors (Lipinski definition) is 7. The van der Waals surface area contributed by atoms with Gasteiger partial charge >= 0.3 is 5.97 Å². The van der Waals surface area contributed by atoms with Gasteiger partial charge < -0.3 is 20.9 Å². The Morgan fingerprint density at radius 3 is 2.55 bits per heavy atom. The van der Waals surface area contributed by atoms with E-state index in [-0.39, 0.29) is 42.0 Å². The van der Waals surface area contributed by atoms with Crippen molar-refractivity contribution < 1.29 is 22.7 Å². The number of nitrogens with one attached hydrogen (secondary N) is 1. The van der Waals surface area contributed by atoms with E-state index in [2.05, 4.69) is 16.3 Å². The fourth-order valence-corrected chi connectivity index (χ4v) is 5.26. The molecular formula is C22H35ClN4O5S. The largest absolute Gasteiger partial charge is 0.487 e. The van der Waals surface area contributed by atoms with Crippen molar-refractivity contribution >= 4 is 34.4 Å². The number of benzene rings is 1. The molecule has 186 valence electrons. The summed E-state index contributed by atoms with van der Waals surface area (Å²) in [6.45, 7) is 13.1. The maximum atomic E-state index is 13.1. The van der Waals surface area contributed by atoms with Crippen LogP contribution in [0.3, 0.4) is 0 Å². The van der Waals surface area contributed by atoms with Crippen LogP contribution in [0.5, 0.6) is 5.75 Å². The topological polar surface area (TPSA) is 146 Å². The first kappa shape index (κ1) is 28.7. The minimum atomic E-state index is -3.97. The molecule has 5 N–H and O–H groups in total. The molecule has 33 heavy (non-hydrogen) atoms. The highest BCUT2D eigenvalue weighted by Crippen LogP contribution is 2.43. The van der Waals surface area contributed by atoms with E-state index in [1.807, 2.05) is 20.8 Å². The third-order valence-electron chi connectivity index (χ3n) is 5.40. The van der Waals surface area contributed by atoms with Gasteiger partial charge in [-0.3, -0.25) is 9.79 Å². The lowest BCUT2D eigenvalue weighted by Crippen LogP contribution is -2.38. The molecule has 0 aromatic heterocycles. The maximum Gasteiger partial charge on any atom is 0.323 e. The second-order valence-electron chi connectivity index (χ2n) is 8.59. The number of sulfonamides is 1. The van der Waals surface area contributed by atoms with Crippen molar-refractivity contribution in [3.63, 3.8) is 0 Å². The molecule has 0 fully saturated rings. The summed E-state index contributed by atoms with van der Waals surface area (Å²) in [6, 6.07) is -0.785. The Morgan fingerprint density at radius 1 is 1.30 bits per heavy atom. The molecule has 1 aromatic carbocycles. The van der Waals surface area contributed by atoms with Gasteiger partial charge in [-0.2, -0.15) is 0 Å². The van der Waals surface area contributed by atoms with E-state index in [0.717, 1.165) is 17.5 Å². The molecule has 0 saturated heterocycles. The van der Waals surface area contributed by atoms with Crippen molar-refractivity contribution in [1.29, 1.82) is 0 Å². The number of fused-ring (bicyclic) bond motifs is 1. The molecule has 0 saturated carbocycles. The molecule has 1 heterocycles. The number of nitrogens with zero attached hydrogens (tertiary/aromatic N) is 1. The van der Waals surface area contributed by atoms with Gasteiger partial charge in [0, 0.05) is 24.1 Å². The van der Waals surface area contributed by atoms with E-state index < -0.39 is 22.0 Å². The number of ether oxygens (including phenoxy) is 2. The third-order valence-corrected chi connectivity index (χ3v) is 7.03. The van der Waals surface area contributed by atoms with Crippen LogP contribution in [0.1, 0.15) is 48.9 Å². The average molecular weight is 503 g/mol. The fourth-order valence-electron chi connectivity index (χ4n) is 3.77. The normalized spacial score (nSPS) is 15.6. The SMILES string of the molecule is C=CCOC(=O)[C@@H](N)CCCN=C(N)NS(=O)(=O)c1c(C)c(C)c2c(c1C)OC(C)(C)C2.Cl. The molecule has 0 unspecified atom stereocenters. The Morgan fingerprint density at radius 2 is 1.94 bits per heavy atom. The molecule has 2 rings (SSSR count). The molecule has 0 radical (unpaired) electrons. The highest BCUT2D eigenvalue weighted by molar-refractivity contribution is 7.90. The predicted octanol–water partition coefficient (Wildman–Crippen LogP) is 2.18. The monoisotopic (exact) mass is 502 g/mol. The van der Waals surface area contributed by atoms with E-state index in [9.17, 15) is 13.2 Å². The van der Waals surface area contributed by atoms with Crippen LogP contribution < -0.4 is 20.9 Å². The number of aliphatic imine (C=N–C) groups is 1. The number of carbonyl (C=O) groups is 1. The van der Waals surface area contributed by atoms with Gasteiger partial charge in [-0.1, -0.05) is 12.7 Å². The quantitative estimate of drug-likeness (QED) is 0.154. The van der Waals surface area contributed by atoms with Gasteiger partial charge in [-0.25, -0.2) is 13.1 Å². The number of halogens is 1. The van der Waals surface area contributed by atoms with E-state index >= 15 is 0 Å². The van der Waals surface area contributed by atoms with Gasteiger partial charge in [0.2, 0.25) is 5.96 Å². The van der Waals surface area contributed by atoms with Gasteiger partial charge in [0.15, 0.2) is 0 Å². The second kappa shape index (κ2) is 11.2. The molecule has 1 aliphatic rings. The molecule has 0 amide bonds. The molecule has 1 aliphatic heterocycles. The second-order valence-corrected chi connectivity index (χ2v) is 10.2. The Balaban J connectivity index is 0.00000544. The summed E-state index contributed by atoms with van der Waals surface area (Å²) in [5.74, 6) is -0.136. The third kappa shape index (κ3) is 6.84. The summed E-state index contributed by atoms with van der Waals surface area (Å²) in [7, 11) is -3.97. The summed E-state index contributed by atoms with van der Waals surface area (Å²) >= 11 is 0. The van der Waals surface area contributed by atoms with Crippen LogP contribution in [0.15, 0.2) is 22.5 Å². The highest BCUT2D eigenvalue weighted by Gasteiger charge is 2.36. The van der Waals surface area contributed by atoms with Crippen LogP contribution in [-0.4, -0.2) is 45.1 Å². The Labute approximate surface area is 202 Å². The van der Waals surface area contributed by atoms with Crippen molar-refractivity contribution in [1.82, 2.24) is 4.72 Å². The lowest BCUT2D eigenvalue weighted by molar-refractivity contribution is -0.144. The molecule has 0 aliphatic carbocycles. The average Bonchev–Trinajstić information content (AvgIpc) is 3.03. The van der Waals surface area contributed by atoms with Crippen molar-refractivity contribution in [2.24, 2.45) is 16.5 Å². The summed E-state index contributed by atoms with van der Waals surface area (Å²) in [5.41, 5.74) is 14.3. The number of carbonyl (C=O) groups excluding carboxylic acids is 1. The molecule has 0 spiro atoms. The Bertz CT molecular complexity index is 1040. The summed E-state index contributed by atoms with van der Waals surface area (Å²) in [5, 5.41) is 0. The van der Waals surface area contributed by atoms with Crippen molar-refractivity contribution in [2.75, 3.05) is 13.2 Å². The summed E-state index contributed by atoms with van der Waals surface area (Å²) in [6.07, 6.45) is 2.94. The van der Waals surface area contributed by atoms with Gasteiger partial charge in [-0.15, -0.1) is 12.4 Å². The summed E-state index contributed by atoms with van der Waals surface area (Å²) in [4.78, 5) is 15.8. The van der Waals surface area contributed by atoms with Crippen molar-refractivity contribution in [2.45, 2.75) is 70.4 Å². The van der Waals surface area contributed by atoms with E-state index in [1.165, 1.54) is 6.08 Å². The van der Waals surface area contributed by atoms with Gasteiger partial charge in [0.05, 0.1) is 4.90 Å². The Kier molecular flexibility index (Phi) is 9.77. The standard InChI is InChI=1S/C22H34N4O5S.ClH/c1-7-11-30-20(27)17(23)9-8-10-25-21(24)26-32(28,29)19-14(3)13(2)16-12-22(5,6)31-18(16)15(19)4;/h7,17H,1,8-12,23H2,2-6H3,(H3,24,25,26);1H/t17-;/m0./s1. The van der Waals surface area contributed by atoms with Crippen LogP contribution in [0.4, 0.5) is 0 Å². The maximum absolute atomic E-state index is 13.1. The Hall–Kier alpha value is -2.30. The molecule has 11 heteroatoms. The van der Waals surface area contributed by atoms with Crippen LogP contribution in [0.2, 0.25) is 0 Å². The number of guanidine groups is 1. The summed E-state index contributed by atoms with van der Waals surface area (Å²) < 4.78 is 39.5. The predicted molar refractivity (Wildman–Crippen MR) is 131 cm³/mol. The van der Waals surface area contributed by atoms with Crippen LogP contribution in [0, 0.1) is 20.8 Å². The lowest BCUT2D eigenvalue weighted by Gasteiger charge is -2.19. The number of esters is 1. The highest BCUT2D eigenvalue weighted by atomic mass is 35.5. The molecule has 1 atom stereocenters. The first-order valence-electron chi connectivity index (χ1n) is 10.5. The van der Waals surface area contributed by atoms with E-state index in [0.29, 0.717) is 29.7 Å². The minimum Gasteiger partial charge on any atom is -0.487 e. The number of nitrogens with two attached hydrogens (primary N) is 2. The van der Waals surface area contributed by atoms with E-state index in [4.69, 9.17) is 20.9 Å². The molecule has 0 bridgehead atoms. The molecular weight excluding hydrogens is 468 g/mol. The van der Waals surface area contributed by atoms with Gasteiger partial charge in [0.1, 0.15) is 24.0 Å². The molecule has 9 nitrogen and oxygen atoms in total. The van der Waals surface area contributed by atoms with Crippen LogP contribution in [0.25, 0.3) is 0 Å². The van der Waals surface area contributed by atoms with Crippen LogP contribution >= 0.6 is 12.4 Å². The number of hydrogen-bond donors (Lipinski definition) is 3. The van der Waals surface area contributed by atoms with Crippen molar-refractivity contribution in [3.8, 4) is 5.75 Å². The zero-order valence-corrected chi connectivity index (χ0v) is 21.5. The zero-order valence-electron chi connectivity index (χ0n) is 19.9. The van der Waals surface area contributed by atoms with Crippen molar-refractivity contribution in [3.05, 3.63) is 34.9 Å². The van der Waals surface area contributed by atoms with Gasteiger partial charge in [-0.05, 0) is 58.6 Å². The zero-order chi connectivity index (χ0) is 24.3. The lowest BCUT2D eigenvalue weighted by atomic mass is 9.93.